The Morgan fingerprint density at radius 1 is 1.17 bits per heavy atom. The highest BCUT2D eigenvalue weighted by Crippen LogP contribution is 2.18. The van der Waals surface area contributed by atoms with Crippen LogP contribution in [-0.4, -0.2) is 35.7 Å². The molecule has 1 aromatic heterocycles. The largest absolute Gasteiger partial charge is 0.433 e. The number of furan rings is 1. The molecule has 2 aromatic rings. The number of amides is 2. The quantitative estimate of drug-likeness (QED) is 0.513. The number of nitro groups is 1. The first kappa shape index (κ1) is 16.9. The smallest absolute Gasteiger partial charge is 0.401 e. The van der Waals surface area contributed by atoms with E-state index in [9.17, 15) is 19.7 Å². The minimum Gasteiger partial charge on any atom is -0.401 e. The van der Waals surface area contributed by atoms with Gasteiger partial charge in [-0.15, -0.1) is 0 Å². The molecule has 0 atom stereocenters. The van der Waals surface area contributed by atoms with E-state index in [2.05, 4.69) is 5.32 Å². The zero-order chi connectivity index (χ0) is 17.7. The van der Waals surface area contributed by atoms with Gasteiger partial charge in [0, 0.05) is 25.7 Å². The van der Waals surface area contributed by atoms with Crippen molar-refractivity contribution in [3.05, 3.63) is 69.6 Å². The van der Waals surface area contributed by atoms with Crippen LogP contribution in [0.5, 0.6) is 0 Å². The average Bonchev–Trinajstić information content (AvgIpc) is 3.03. The normalized spacial score (nSPS) is 11.0. The molecule has 0 saturated heterocycles. The second-order valence-corrected chi connectivity index (χ2v) is 5.01. The van der Waals surface area contributed by atoms with Crippen molar-refractivity contribution in [2.75, 3.05) is 14.1 Å². The summed E-state index contributed by atoms with van der Waals surface area (Å²) in [5, 5.41) is 13.2. The second-order valence-electron chi connectivity index (χ2n) is 5.01. The molecule has 2 amide bonds. The number of hydrogen-bond donors (Lipinski definition) is 1. The third-order valence-electron chi connectivity index (χ3n) is 3.00. The summed E-state index contributed by atoms with van der Waals surface area (Å²) in [6, 6.07) is 10.9. The lowest BCUT2D eigenvalue weighted by Gasteiger charge is -2.14. The summed E-state index contributed by atoms with van der Waals surface area (Å²) in [6.07, 6.45) is 1.25. The predicted molar refractivity (Wildman–Crippen MR) is 85.9 cm³/mol. The Hall–Kier alpha value is -3.42. The molecule has 1 aromatic carbocycles. The van der Waals surface area contributed by atoms with Gasteiger partial charge in [-0.25, -0.2) is 0 Å². The zero-order valence-electron chi connectivity index (χ0n) is 13.1. The van der Waals surface area contributed by atoms with E-state index in [-0.39, 0.29) is 11.5 Å². The lowest BCUT2D eigenvalue weighted by Crippen LogP contribution is -2.34. The first-order chi connectivity index (χ1) is 11.4. The fourth-order valence-electron chi connectivity index (χ4n) is 1.84. The molecule has 24 heavy (non-hydrogen) atoms. The van der Waals surface area contributed by atoms with Crippen LogP contribution in [0, 0.1) is 10.1 Å². The first-order valence-electron chi connectivity index (χ1n) is 6.92. The molecule has 1 N–H and O–H groups in total. The van der Waals surface area contributed by atoms with Gasteiger partial charge in [0.2, 0.25) is 0 Å². The minimum atomic E-state index is -0.687. The third-order valence-corrected chi connectivity index (χ3v) is 3.00. The van der Waals surface area contributed by atoms with Crippen LogP contribution < -0.4 is 5.32 Å². The van der Waals surface area contributed by atoms with E-state index in [0.29, 0.717) is 5.56 Å². The van der Waals surface area contributed by atoms with E-state index < -0.39 is 22.6 Å². The Morgan fingerprint density at radius 3 is 2.38 bits per heavy atom. The summed E-state index contributed by atoms with van der Waals surface area (Å²) in [7, 11) is 3.05. The molecule has 124 valence electrons. The number of nitrogens with zero attached hydrogens (tertiary/aromatic N) is 2. The monoisotopic (exact) mass is 329 g/mol. The average molecular weight is 329 g/mol. The molecule has 8 heteroatoms. The maximum Gasteiger partial charge on any atom is 0.433 e. The van der Waals surface area contributed by atoms with Crippen molar-refractivity contribution < 1.29 is 18.9 Å². The zero-order valence-corrected chi connectivity index (χ0v) is 13.1. The second kappa shape index (κ2) is 7.23. The van der Waals surface area contributed by atoms with Gasteiger partial charge in [0.05, 0.1) is 6.07 Å². The molecule has 0 saturated carbocycles. The lowest BCUT2D eigenvalue weighted by molar-refractivity contribution is -0.402. The third kappa shape index (κ3) is 4.07. The molecule has 0 fully saturated rings. The molecular formula is C16H15N3O5. The number of rotatable bonds is 5. The van der Waals surface area contributed by atoms with Crippen LogP contribution in [0.1, 0.15) is 16.1 Å². The summed E-state index contributed by atoms with van der Waals surface area (Å²) in [5.74, 6) is -1.32. The number of benzene rings is 1. The van der Waals surface area contributed by atoms with Crippen LogP contribution in [0.2, 0.25) is 0 Å². The van der Waals surface area contributed by atoms with Gasteiger partial charge in [0.25, 0.3) is 11.8 Å². The number of carbonyl (C=O) groups is 2. The number of carbonyl (C=O) groups excluding carboxylic acids is 2. The van der Waals surface area contributed by atoms with Crippen LogP contribution in [0.25, 0.3) is 6.08 Å². The Morgan fingerprint density at radius 2 is 1.83 bits per heavy atom. The lowest BCUT2D eigenvalue weighted by atomic mass is 10.2. The van der Waals surface area contributed by atoms with E-state index in [0.717, 1.165) is 0 Å². The Bertz CT molecular complexity index is 793. The molecule has 0 bridgehead atoms. The van der Waals surface area contributed by atoms with Gasteiger partial charge in [0.1, 0.15) is 16.4 Å². The van der Waals surface area contributed by atoms with Crippen LogP contribution in [0.3, 0.4) is 0 Å². The van der Waals surface area contributed by atoms with Gasteiger partial charge < -0.3 is 14.6 Å². The van der Waals surface area contributed by atoms with E-state index >= 15 is 0 Å². The van der Waals surface area contributed by atoms with Gasteiger partial charge in [-0.05, 0) is 18.2 Å². The molecule has 0 spiro atoms. The molecule has 0 radical (unpaired) electrons. The fraction of sp³-hybridized carbons (Fsp3) is 0.125. The van der Waals surface area contributed by atoms with E-state index in [1.165, 1.54) is 37.2 Å². The highest BCUT2D eigenvalue weighted by molar-refractivity contribution is 6.04. The maximum absolute atomic E-state index is 12.2. The summed E-state index contributed by atoms with van der Waals surface area (Å²) < 4.78 is 5.00. The summed E-state index contributed by atoms with van der Waals surface area (Å²) in [4.78, 5) is 35.7. The van der Waals surface area contributed by atoms with Gasteiger partial charge >= 0.3 is 5.88 Å². The van der Waals surface area contributed by atoms with Crippen molar-refractivity contribution in [3.8, 4) is 0 Å². The van der Waals surface area contributed by atoms with E-state index in [1.54, 1.807) is 30.3 Å². The van der Waals surface area contributed by atoms with Gasteiger partial charge in [0.15, 0.2) is 0 Å². The number of nitrogens with one attached hydrogen (secondary N) is 1. The molecule has 0 aliphatic rings. The highest BCUT2D eigenvalue weighted by Gasteiger charge is 2.18. The van der Waals surface area contributed by atoms with Crippen molar-refractivity contribution in [2.24, 2.45) is 0 Å². The molecule has 0 unspecified atom stereocenters. The van der Waals surface area contributed by atoms with Crippen LogP contribution in [0.4, 0.5) is 5.88 Å². The fourth-order valence-corrected chi connectivity index (χ4v) is 1.84. The highest BCUT2D eigenvalue weighted by atomic mass is 16.6. The predicted octanol–water partition coefficient (Wildman–Crippen LogP) is 2.05. The van der Waals surface area contributed by atoms with Crippen LogP contribution in [-0.2, 0) is 4.79 Å². The standard InChI is InChI=1S/C16H15N3O5/c1-18(2)16(21)13(10-12-8-9-14(24-12)19(22)23)17-15(20)11-6-4-3-5-7-11/h3-10H,1-2H3,(H,17,20). The van der Waals surface area contributed by atoms with E-state index in [4.69, 9.17) is 4.42 Å². The SMILES string of the molecule is CN(C)C(=O)C(=Cc1ccc([N+](=O)[O-])o1)NC(=O)c1ccccc1. The van der Waals surface area contributed by atoms with Crippen molar-refractivity contribution in [1.82, 2.24) is 10.2 Å². The van der Waals surface area contributed by atoms with Crippen molar-refractivity contribution >= 4 is 23.8 Å². The van der Waals surface area contributed by atoms with E-state index in [1.807, 2.05) is 0 Å². The van der Waals surface area contributed by atoms with Gasteiger partial charge in [-0.1, -0.05) is 18.2 Å². The maximum atomic E-state index is 12.2. The minimum absolute atomic E-state index is 0.0573. The Kier molecular flexibility index (Phi) is 5.10. The Balaban J connectivity index is 2.30. The molecular weight excluding hydrogens is 314 g/mol. The molecule has 0 aliphatic heterocycles. The first-order valence-corrected chi connectivity index (χ1v) is 6.92. The van der Waals surface area contributed by atoms with Crippen LogP contribution in [0.15, 0.2) is 52.6 Å². The Labute approximate surface area is 137 Å². The van der Waals surface area contributed by atoms with Gasteiger partial charge in [-0.3, -0.25) is 19.7 Å². The summed E-state index contributed by atoms with van der Waals surface area (Å²) in [5.41, 5.74) is 0.318. The van der Waals surface area contributed by atoms with Crippen LogP contribution >= 0.6 is 0 Å². The topological polar surface area (TPSA) is 106 Å². The summed E-state index contributed by atoms with van der Waals surface area (Å²) >= 11 is 0. The van der Waals surface area contributed by atoms with Crippen molar-refractivity contribution in [2.45, 2.75) is 0 Å². The van der Waals surface area contributed by atoms with Crippen molar-refractivity contribution in [3.63, 3.8) is 0 Å². The summed E-state index contributed by atoms with van der Waals surface area (Å²) in [6.45, 7) is 0. The molecule has 0 aliphatic carbocycles. The number of hydrogen-bond acceptors (Lipinski definition) is 5. The molecule has 8 nitrogen and oxygen atoms in total. The molecule has 2 rings (SSSR count). The van der Waals surface area contributed by atoms with Gasteiger partial charge in [-0.2, -0.15) is 0 Å². The van der Waals surface area contributed by atoms with Crippen molar-refractivity contribution in [1.29, 1.82) is 0 Å². The number of likely N-dealkylation sites (N-methyl/N-ethyl adjacent to an activating group) is 1. The molecule has 1 heterocycles.